The molecule has 0 saturated heterocycles. The predicted molar refractivity (Wildman–Crippen MR) is 66.8 cm³/mol. The summed E-state index contributed by atoms with van der Waals surface area (Å²) in [7, 11) is 0. The summed E-state index contributed by atoms with van der Waals surface area (Å²) in [4.78, 5) is 0. The average Bonchev–Trinajstić information content (AvgIpc) is 2.75. The number of hydrogen-bond donors (Lipinski definition) is 2. The molecule has 0 amide bonds. The van der Waals surface area contributed by atoms with Crippen molar-refractivity contribution in [1.29, 1.82) is 0 Å². The second-order valence-electron chi connectivity index (χ2n) is 5.22. The first-order chi connectivity index (χ1) is 7.88. The van der Waals surface area contributed by atoms with Crippen LogP contribution in [0.5, 0.6) is 0 Å². The van der Waals surface area contributed by atoms with E-state index in [4.69, 9.17) is 9.15 Å². The van der Waals surface area contributed by atoms with E-state index < -0.39 is 6.10 Å². The molecule has 0 aliphatic rings. The van der Waals surface area contributed by atoms with Crippen molar-refractivity contribution in [2.24, 2.45) is 0 Å². The molecule has 0 spiro atoms. The number of aliphatic hydroxyl groups is 1. The van der Waals surface area contributed by atoms with Crippen molar-refractivity contribution in [3.63, 3.8) is 0 Å². The van der Waals surface area contributed by atoms with Gasteiger partial charge in [0.2, 0.25) is 0 Å². The molecule has 98 valence electrons. The normalized spacial score (nSPS) is 15.8. The van der Waals surface area contributed by atoms with Crippen LogP contribution in [0, 0.1) is 0 Å². The van der Waals surface area contributed by atoms with Crippen molar-refractivity contribution >= 4 is 0 Å². The van der Waals surface area contributed by atoms with E-state index in [-0.39, 0.29) is 11.6 Å². The first kappa shape index (κ1) is 14.2. The van der Waals surface area contributed by atoms with E-state index in [9.17, 15) is 5.11 Å². The minimum atomic E-state index is -0.508. The van der Waals surface area contributed by atoms with Gasteiger partial charge in [-0.15, -0.1) is 0 Å². The lowest BCUT2D eigenvalue weighted by Crippen LogP contribution is -2.34. The van der Waals surface area contributed by atoms with Crippen LogP contribution in [-0.4, -0.2) is 30.0 Å². The number of nitrogens with one attached hydrogen (secondary N) is 1. The van der Waals surface area contributed by atoms with Gasteiger partial charge >= 0.3 is 0 Å². The van der Waals surface area contributed by atoms with E-state index in [2.05, 4.69) is 5.32 Å². The summed E-state index contributed by atoms with van der Waals surface area (Å²) in [6.07, 6.45) is 1.14. The summed E-state index contributed by atoms with van der Waals surface area (Å²) in [6, 6.07) is 3.86. The third-order valence-corrected chi connectivity index (χ3v) is 2.34. The van der Waals surface area contributed by atoms with E-state index in [1.165, 1.54) is 0 Å². The predicted octanol–water partition coefficient (Wildman–Crippen LogP) is 2.11. The fourth-order valence-electron chi connectivity index (χ4n) is 1.36. The number of furan rings is 1. The van der Waals surface area contributed by atoms with Gasteiger partial charge in [0.1, 0.15) is 5.76 Å². The molecule has 1 aromatic rings. The maximum atomic E-state index is 9.74. The quantitative estimate of drug-likeness (QED) is 0.801. The number of aliphatic hydroxyl groups excluding tert-OH is 1. The SMILES string of the molecule is C[C@H](NCC(O)COC(C)(C)C)c1ccco1. The number of hydrogen-bond acceptors (Lipinski definition) is 4. The van der Waals surface area contributed by atoms with Gasteiger partial charge in [-0.05, 0) is 39.8 Å². The highest BCUT2D eigenvalue weighted by Crippen LogP contribution is 2.12. The van der Waals surface area contributed by atoms with Gasteiger partial charge in [-0.3, -0.25) is 0 Å². The Bertz CT molecular complexity index is 303. The summed E-state index contributed by atoms with van der Waals surface area (Å²) in [6.45, 7) is 8.73. The fourth-order valence-corrected chi connectivity index (χ4v) is 1.36. The summed E-state index contributed by atoms with van der Waals surface area (Å²) < 4.78 is 10.8. The second-order valence-corrected chi connectivity index (χ2v) is 5.22. The first-order valence-corrected chi connectivity index (χ1v) is 5.97. The topological polar surface area (TPSA) is 54.6 Å². The van der Waals surface area contributed by atoms with Gasteiger partial charge in [-0.1, -0.05) is 0 Å². The molecule has 4 heteroatoms. The molecule has 1 aromatic heterocycles. The Kier molecular flexibility index (Phi) is 5.18. The summed E-state index contributed by atoms with van der Waals surface area (Å²) >= 11 is 0. The Morgan fingerprint density at radius 3 is 2.71 bits per heavy atom. The smallest absolute Gasteiger partial charge is 0.120 e. The second kappa shape index (κ2) is 6.19. The van der Waals surface area contributed by atoms with E-state index in [0.29, 0.717) is 13.2 Å². The lowest BCUT2D eigenvalue weighted by molar-refractivity contribution is -0.0483. The Morgan fingerprint density at radius 2 is 2.18 bits per heavy atom. The minimum Gasteiger partial charge on any atom is -0.468 e. The molecule has 1 heterocycles. The highest BCUT2D eigenvalue weighted by Gasteiger charge is 2.15. The molecule has 1 unspecified atom stereocenters. The molecule has 2 N–H and O–H groups in total. The van der Waals surface area contributed by atoms with E-state index in [1.807, 2.05) is 39.8 Å². The molecule has 0 bridgehead atoms. The van der Waals surface area contributed by atoms with Crippen LogP contribution in [0.1, 0.15) is 39.5 Å². The van der Waals surface area contributed by atoms with E-state index in [1.54, 1.807) is 6.26 Å². The average molecular weight is 241 g/mol. The van der Waals surface area contributed by atoms with Crippen molar-refractivity contribution in [3.8, 4) is 0 Å². The van der Waals surface area contributed by atoms with Gasteiger partial charge in [0, 0.05) is 6.54 Å². The van der Waals surface area contributed by atoms with Crippen molar-refractivity contribution in [3.05, 3.63) is 24.2 Å². The summed E-state index contributed by atoms with van der Waals surface area (Å²) in [5, 5.41) is 12.9. The zero-order chi connectivity index (χ0) is 12.9. The molecule has 0 aromatic carbocycles. The zero-order valence-corrected chi connectivity index (χ0v) is 11.1. The maximum Gasteiger partial charge on any atom is 0.120 e. The van der Waals surface area contributed by atoms with Crippen LogP contribution in [0.3, 0.4) is 0 Å². The number of ether oxygens (including phenoxy) is 1. The summed E-state index contributed by atoms with van der Waals surface area (Å²) in [5.74, 6) is 0.869. The third-order valence-electron chi connectivity index (χ3n) is 2.34. The van der Waals surface area contributed by atoms with Crippen LogP contribution in [0.25, 0.3) is 0 Å². The lowest BCUT2D eigenvalue weighted by Gasteiger charge is -2.22. The van der Waals surface area contributed by atoms with E-state index >= 15 is 0 Å². The Hall–Kier alpha value is -0.840. The lowest BCUT2D eigenvalue weighted by atomic mass is 10.2. The fraction of sp³-hybridized carbons (Fsp3) is 0.692. The van der Waals surface area contributed by atoms with Crippen LogP contribution in [0.4, 0.5) is 0 Å². The van der Waals surface area contributed by atoms with Gasteiger partial charge in [-0.25, -0.2) is 0 Å². The molecular weight excluding hydrogens is 218 g/mol. The van der Waals surface area contributed by atoms with Crippen molar-refractivity contribution in [2.45, 2.75) is 45.4 Å². The van der Waals surface area contributed by atoms with Gasteiger partial charge in [-0.2, -0.15) is 0 Å². The van der Waals surface area contributed by atoms with E-state index in [0.717, 1.165) is 5.76 Å². The molecule has 0 saturated carbocycles. The van der Waals surface area contributed by atoms with Crippen molar-refractivity contribution < 1.29 is 14.3 Å². The van der Waals surface area contributed by atoms with Crippen LogP contribution >= 0.6 is 0 Å². The van der Waals surface area contributed by atoms with Crippen LogP contribution in [0.2, 0.25) is 0 Å². The third kappa shape index (κ3) is 5.86. The van der Waals surface area contributed by atoms with Gasteiger partial charge in [0.25, 0.3) is 0 Å². The standard InChI is InChI=1S/C13H23NO3/c1-10(12-6-5-7-16-12)14-8-11(15)9-17-13(2,3)4/h5-7,10-11,14-15H,8-9H2,1-4H3/t10-,11?/m0/s1. The molecule has 0 aliphatic heterocycles. The van der Waals surface area contributed by atoms with Gasteiger partial charge in [0.15, 0.2) is 0 Å². The maximum absolute atomic E-state index is 9.74. The number of rotatable bonds is 6. The minimum absolute atomic E-state index is 0.0919. The van der Waals surface area contributed by atoms with Crippen LogP contribution in [-0.2, 0) is 4.74 Å². The highest BCUT2D eigenvalue weighted by molar-refractivity contribution is 5.02. The first-order valence-electron chi connectivity index (χ1n) is 5.97. The van der Waals surface area contributed by atoms with Crippen molar-refractivity contribution in [2.75, 3.05) is 13.2 Å². The molecule has 0 radical (unpaired) electrons. The largest absolute Gasteiger partial charge is 0.468 e. The Labute approximate surface area is 103 Å². The molecule has 0 fully saturated rings. The zero-order valence-electron chi connectivity index (χ0n) is 11.1. The van der Waals surface area contributed by atoms with Crippen molar-refractivity contribution in [1.82, 2.24) is 5.32 Å². The van der Waals surface area contributed by atoms with Gasteiger partial charge < -0.3 is 19.6 Å². The Balaban J connectivity index is 2.22. The summed E-state index contributed by atoms with van der Waals surface area (Å²) in [5.41, 5.74) is -0.215. The molecule has 0 aliphatic carbocycles. The van der Waals surface area contributed by atoms with Gasteiger partial charge in [0.05, 0.1) is 30.6 Å². The van der Waals surface area contributed by atoms with Crippen LogP contribution in [0.15, 0.2) is 22.8 Å². The molecule has 2 atom stereocenters. The monoisotopic (exact) mass is 241 g/mol. The Morgan fingerprint density at radius 1 is 1.47 bits per heavy atom. The van der Waals surface area contributed by atoms with Crippen LogP contribution < -0.4 is 5.32 Å². The molecule has 17 heavy (non-hydrogen) atoms. The molecule has 1 rings (SSSR count). The highest BCUT2D eigenvalue weighted by atomic mass is 16.5. The molecular formula is C13H23NO3. The molecule has 4 nitrogen and oxygen atoms in total.